The summed E-state index contributed by atoms with van der Waals surface area (Å²) in [5, 5.41) is 5.88. The molecule has 0 bridgehead atoms. The zero-order chi connectivity index (χ0) is 21.9. The smallest absolute Gasteiger partial charge is 0.255 e. The van der Waals surface area contributed by atoms with Gasteiger partial charge in [0.25, 0.3) is 5.91 Å². The number of rotatable bonds is 6. The number of amides is 1. The molecule has 8 nitrogen and oxygen atoms in total. The SMILES string of the molecule is CNS(=O)(=O)c1ccc(C)c(NC(=O)c2ccc(Nc3nc(C)cc(C)n3)cc2)c1. The minimum Gasteiger partial charge on any atom is -0.324 e. The Hall–Kier alpha value is -3.30. The fraction of sp³-hybridized carbons (Fsp3) is 0.190. The van der Waals surface area contributed by atoms with Crippen LogP contribution in [-0.2, 0) is 10.0 Å². The average Bonchev–Trinajstić information content (AvgIpc) is 2.69. The first-order valence-corrected chi connectivity index (χ1v) is 10.7. The summed E-state index contributed by atoms with van der Waals surface area (Å²) in [6.07, 6.45) is 0. The van der Waals surface area contributed by atoms with Crippen LogP contribution in [0.15, 0.2) is 53.4 Å². The third kappa shape index (κ3) is 5.00. The Kier molecular flexibility index (Phi) is 6.14. The maximum absolute atomic E-state index is 12.6. The Labute approximate surface area is 175 Å². The summed E-state index contributed by atoms with van der Waals surface area (Å²) < 4.78 is 26.3. The lowest BCUT2D eigenvalue weighted by molar-refractivity contribution is 0.102. The molecule has 0 saturated heterocycles. The molecule has 30 heavy (non-hydrogen) atoms. The van der Waals surface area contributed by atoms with Crippen LogP contribution in [0.4, 0.5) is 17.3 Å². The number of aromatic nitrogens is 2. The van der Waals surface area contributed by atoms with Gasteiger partial charge in [0.15, 0.2) is 0 Å². The molecule has 0 fully saturated rings. The van der Waals surface area contributed by atoms with Crippen molar-refractivity contribution < 1.29 is 13.2 Å². The van der Waals surface area contributed by atoms with Gasteiger partial charge in [-0.2, -0.15) is 0 Å². The second kappa shape index (κ2) is 8.60. The number of nitrogens with zero attached hydrogens (tertiary/aromatic N) is 2. The molecule has 1 aromatic heterocycles. The lowest BCUT2D eigenvalue weighted by Crippen LogP contribution is -2.19. The molecule has 2 aromatic carbocycles. The van der Waals surface area contributed by atoms with Crippen LogP contribution in [0.1, 0.15) is 27.3 Å². The van der Waals surface area contributed by atoms with E-state index in [1.54, 1.807) is 37.3 Å². The van der Waals surface area contributed by atoms with Crippen molar-refractivity contribution in [3.05, 3.63) is 71.0 Å². The van der Waals surface area contributed by atoms with Gasteiger partial charge in [0.1, 0.15) is 0 Å². The fourth-order valence-corrected chi connectivity index (χ4v) is 3.59. The third-order valence-corrected chi connectivity index (χ3v) is 5.83. The molecular weight excluding hydrogens is 402 g/mol. The fourth-order valence-electron chi connectivity index (χ4n) is 2.83. The number of aryl methyl sites for hydroxylation is 3. The van der Waals surface area contributed by atoms with Crippen molar-refractivity contribution in [3.8, 4) is 0 Å². The van der Waals surface area contributed by atoms with Crippen molar-refractivity contribution in [2.75, 3.05) is 17.7 Å². The number of carbonyl (C=O) groups excluding carboxylic acids is 1. The molecule has 0 aliphatic rings. The first kappa shape index (κ1) is 21.4. The summed E-state index contributed by atoms with van der Waals surface area (Å²) in [5.41, 5.74) is 4.08. The molecule has 0 atom stereocenters. The Morgan fingerprint density at radius 2 is 1.53 bits per heavy atom. The highest BCUT2D eigenvalue weighted by Crippen LogP contribution is 2.21. The molecule has 3 aromatic rings. The van der Waals surface area contributed by atoms with E-state index in [9.17, 15) is 13.2 Å². The van der Waals surface area contributed by atoms with E-state index in [-0.39, 0.29) is 10.8 Å². The minimum atomic E-state index is -3.60. The van der Waals surface area contributed by atoms with E-state index in [4.69, 9.17) is 0 Å². The summed E-state index contributed by atoms with van der Waals surface area (Å²) >= 11 is 0. The van der Waals surface area contributed by atoms with E-state index < -0.39 is 10.0 Å². The van der Waals surface area contributed by atoms with Gasteiger partial charge in [-0.05, 0) is 75.8 Å². The van der Waals surface area contributed by atoms with Gasteiger partial charge in [0.2, 0.25) is 16.0 Å². The van der Waals surface area contributed by atoms with Crippen LogP contribution in [0, 0.1) is 20.8 Å². The second-order valence-corrected chi connectivity index (χ2v) is 8.70. The maximum atomic E-state index is 12.6. The highest BCUT2D eigenvalue weighted by atomic mass is 32.2. The van der Waals surface area contributed by atoms with Crippen molar-refractivity contribution in [1.82, 2.24) is 14.7 Å². The Morgan fingerprint density at radius 3 is 2.13 bits per heavy atom. The molecule has 0 unspecified atom stereocenters. The molecule has 0 aliphatic carbocycles. The first-order chi connectivity index (χ1) is 14.2. The molecule has 0 aliphatic heterocycles. The number of hydrogen-bond acceptors (Lipinski definition) is 6. The third-order valence-electron chi connectivity index (χ3n) is 4.42. The van der Waals surface area contributed by atoms with Gasteiger partial charge in [0.05, 0.1) is 4.90 Å². The summed E-state index contributed by atoms with van der Waals surface area (Å²) in [4.78, 5) is 21.4. The average molecular weight is 426 g/mol. The molecular formula is C21H23N5O3S. The Bertz CT molecular complexity index is 1170. The number of nitrogens with one attached hydrogen (secondary N) is 3. The van der Waals surface area contributed by atoms with Crippen molar-refractivity contribution in [1.29, 1.82) is 0 Å². The summed E-state index contributed by atoms with van der Waals surface area (Å²) in [5.74, 6) is 0.147. The standard InChI is InChI=1S/C21H23N5O3S/c1-13-5-10-18(30(28,29)22-4)12-19(13)26-20(27)16-6-8-17(9-7-16)25-21-23-14(2)11-15(3)24-21/h5-12,22H,1-4H3,(H,26,27)(H,23,24,25). The molecule has 3 N–H and O–H groups in total. The van der Waals surface area contributed by atoms with Crippen molar-refractivity contribution in [3.63, 3.8) is 0 Å². The molecule has 1 heterocycles. The molecule has 0 saturated carbocycles. The van der Waals surface area contributed by atoms with E-state index in [1.807, 2.05) is 19.9 Å². The quantitative estimate of drug-likeness (QED) is 0.558. The zero-order valence-corrected chi connectivity index (χ0v) is 18.0. The zero-order valence-electron chi connectivity index (χ0n) is 17.1. The number of anilines is 3. The normalized spacial score (nSPS) is 11.2. The van der Waals surface area contributed by atoms with Gasteiger partial charge in [-0.15, -0.1) is 0 Å². The Balaban J connectivity index is 1.76. The van der Waals surface area contributed by atoms with E-state index in [0.29, 0.717) is 17.2 Å². The molecule has 9 heteroatoms. The lowest BCUT2D eigenvalue weighted by Gasteiger charge is -2.11. The summed E-state index contributed by atoms with van der Waals surface area (Å²) in [6, 6.07) is 13.3. The molecule has 0 spiro atoms. The monoisotopic (exact) mass is 425 g/mol. The van der Waals surface area contributed by atoms with Gasteiger partial charge in [-0.1, -0.05) is 6.07 Å². The number of hydrogen-bond donors (Lipinski definition) is 3. The number of carbonyl (C=O) groups is 1. The number of sulfonamides is 1. The van der Waals surface area contributed by atoms with E-state index >= 15 is 0 Å². The summed E-state index contributed by atoms with van der Waals surface area (Å²) in [6.45, 7) is 5.58. The van der Waals surface area contributed by atoms with E-state index in [2.05, 4.69) is 25.3 Å². The topological polar surface area (TPSA) is 113 Å². The molecule has 1 amide bonds. The largest absolute Gasteiger partial charge is 0.324 e. The predicted octanol–water partition coefficient (Wildman–Crippen LogP) is 3.31. The van der Waals surface area contributed by atoms with Gasteiger partial charge >= 0.3 is 0 Å². The van der Waals surface area contributed by atoms with Gasteiger partial charge in [0, 0.05) is 28.3 Å². The van der Waals surface area contributed by atoms with Crippen molar-refractivity contribution in [2.45, 2.75) is 25.7 Å². The van der Waals surface area contributed by atoms with Crippen LogP contribution >= 0.6 is 0 Å². The summed E-state index contributed by atoms with van der Waals surface area (Å²) in [7, 11) is -2.26. The van der Waals surface area contributed by atoms with Crippen LogP contribution in [0.5, 0.6) is 0 Å². The van der Waals surface area contributed by atoms with Gasteiger partial charge < -0.3 is 10.6 Å². The molecule has 156 valence electrons. The van der Waals surface area contributed by atoms with Crippen LogP contribution in [-0.4, -0.2) is 31.3 Å². The molecule has 0 radical (unpaired) electrons. The lowest BCUT2D eigenvalue weighted by atomic mass is 10.1. The highest BCUT2D eigenvalue weighted by Gasteiger charge is 2.15. The maximum Gasteiger partial charge on any atom is 0.255 e. The highest BCUT2D eigenvalue weighted by molar-refractivity contribution is 7.89. The van der Waals surface area contributed by atoms with Crippen LogP contribution in [0.2, 0.25) is 0 Å². The van der Waals surface area contributed by atoms with E-state index in [0.717, 1.165) is 22.6 Å². The predicted molar refractivity (Wildman–Crippen MR) is 117 cm³/mol. The molecule has 3 rings (SSSR count). The Morgan fingerprint density at radius 1 is 0.900 bits per heavy atom. The van der Waals surface area contributed by atoms with Crippen LogP contribution in [0.25, 0.3) is 0 Å². The van der Waals surface area contributed by atoms with Crippen molar-refractivity contribution >= 4 is 33.3 Å². The van der Waals surface area contributed by atoms with Crippen LogP contribution < -0.4 is 15.4 Å². The van der Waals surface area contributed by atoms with E-state index in [1.165, 1.54) is 19.2 Å². The minimum absolute atomic E-state index is 0.0823. The van der Waals surface area contributed by atoms with Crippen LogP contribution in [0.3, 0.4) is 0 Å². The van der Waals surface area contributed by atoms with Gasteiger partial charge in [-0.3, -0.25) is 4.79 Å². The first-order valence-electron chi connectivity index (χ1n) is 9.23. The number of benzene rings is 2. The second-order valence-electron chi connectivity index (χ2n) is 6.82. The van der Waals surface area contributed by atoms with Gasteiger partial charge in [-0.25, -0.2) is 23.1 Å². The van der Waals surface area contributed by atoms with Crippen molar-refractivity contribution in [2.24, 2.45) is 0 Å².